The number of aromatic nitrogens is 4. The Morgan fingerprint density at radius 2 is 2.11 bits per heavy atom. The first-order valence-electron chi connectivity index (χ1n) is 5.84. The Bertz CT molecular complexity index is 556. The second-order valence-corrected chi connectivity index (χ2v) is 3.81. The average Bonchev–Trinajstić information content (AvgIpc) is 2.94. The van der Waals surface area contributed by atoms with Gasteiger partial charge in [0.2, 0.25) is 11.8 Å². The molecule has 1 atom stereocenters. The van der Waals surface area contributed by atoms with Crippen LogP contribution in [0.1, 0.15) is 24.4 Å². The molecule has 0 saturated carbocycles. The number of aliphatic hydroxyl groups excluding tert-OH is 1. The average molecular weight is 264 g/mol. The van der Waals surface area contributed by atoms with Crippen LogP contribution in [0.3, 0.4) is 0 Å². The van der Waals surface area contributed by atoms with Crippen LogP contribution >= 0.6 is 0 Å². The highest BCUT2D eigenvalue weighted by Crippen LogP contribution is 2.27. The molecule has 2 heterocycles. The largest absolute Gasteiger partial charge is 0.480 e. The Balaban J connectivity index is 2.41. The van der Waals surface area contributed by atoms with Crippen molar-refractivity contribution in [3.05, 3.63) is 30.1 Å². The number of rotatable bonds is 5. The maximum atomic E-state index is 10.4. The van der Waals surface area contributed by atoms with Crippen molar-refractivity contribution < 1.29 is 14.6 Å². The monoisotopic (exact) mass is 264 g/mol. The summed E-state index contributed by atoms with van der Waals surface area (Å²) in [6, 6.07) is 0. The van der Waals surface area contributed by atoms with E-state index in [0.29, 0.717) is 23.8 Å². The van der Waals surface area contributed by atoms with Crippen molar-refractivity contribution in [3.8, 4) is 11.8 Å². The van der Waals surface area contributed by atoms with Crippen LogP contribution in [0, 0.1) is 0 Å². The van der Waals surface area contributed by atoms with Gasteiger partial charge in [-0.15, -0.1) is 0 Å². The highest BCUT2D eigenvalue weighted by molar-refractivity contribution is 5.29. The lowest BCUT2D eigenvalue weighted by atomic mass is 10.2. The van der Waals surface area contributed by atoms with Gasteiger partial charge in [0, 0.05) is 6.54 Å². The van der Waals surface area contributed by atoms with Crippen LogP contribution in [0.15, 0.2) is 18.7 Å². The summed E-state index contributed by atoms with van der Waals surface area (Å²) in [5.74, 6) is 0.563. The summed E-state index contributed by atoms with van der Waals surface area (Å²) < 4.78 is 11.9. The molecule has 0 aliphatic heterocycles. The molecule has 7 heteroatoms. The zero-order chi connectivity index (χ0) is 13.8. The summed E-state index contributed by atoms with van der Waals surface area (Å²) in [6.07, 6.45) is 3.74. The van der Waals surface area contributed by atoms with Crippen LogP contribution in [-0.2, 0) is 6.54 Å². The van der Waals surface area contributed by atoms with Crippen molar-refractivity contribution >= 4 is 0 Å². The van der Waals surface area contributed by atoms with Gasteiger partial charge in [-0.25, -0.2) is 9.97 Å². The Labute approximate surface area is 110 Å². The summed E-state index contributed by atoms with van der Waals surface area (Å²) in [6.45, 7) is 2.67. The van der Waals surface area contributed by atoms with E-state index >= 15 is 0 Å². The van der Waals surface area contributed by atoms with Crippen molar-refractivity contribution in [1.82, 2.24) is 19.5 Å². The molecule has 0 aliphatic carbocycles. The highest BCUT2D eigenvalue weighted by Gasteiger charge is 2.22. The fourth-order valence-electron chi connectivity index (χ4n) is 1.77. The summed E-state index contributed by atoms with van der Waals surface area (Å²) in [7, 11) is 2.96. The topological polar surface area (TPSA) is 82.3 Å². The molecule has 0 aliphatic rings. The number of ether oxygens (including phenoxy) is 2. The predicted octanol–water partition coefficient (Wildman–Crippen LogP) is 0.792. The quantitative estimate of drug-likeness (QED) is 0.859. The Morgan fingerprint density at radius 3 is 2.74 bits per heavy atom. The van der Waals surface area contributed by atoms with Crippen molar-refractivity contribution in [1.29, 1.82) is 0 Å². The second-order valence-electron chi connectivity index (χ2n) is 3.81. The third-order valence-electron chi connectivity index (χ3n) is 2.77. The van der Waals surface area contributed by atoms with Gasteiger partial charge in [-0.2, -0.15) is 4.98 Å². The lowest BCUT2D eigenvalue weighted by Gasteiger charge is -2.14. The minimum absolute atomic E-state index is 0.232. The van der Waals surface area contributed by atoms with Crippen LogP contribution in [0.2, 0.25) is 0 Å². The molecule has 0 spiro atoms. The fourth-order valence-corrected chi connectivity index (χ4v) is 1.77. The van der Waals surface area contributed by atoms with Crippen LogP contribution in [-0.4, -0.2) is 38.8 Å². The molecule has 1 unspecified atom stereocenters. The Hall–Kier alpha value is -2.15. The normalized spacial score (nSPS) is 12.2. The number of imidazole rings is 1. The Kier molecular flexibility index (Phi) is 3.96. The number of hydrogen-bond donors (Lipinski definition) is 1. The minimum atomic E-state index is -0.948. The van der Waals surface area contributed by atoms with Crippen molar-refractivity contribution in [2.75, 3.05) is 14.2 Å². The lowest BCUT2D eigenvalue weighted by Crippen LogP contribution is -2.11. The molecule has 2 aromatic rings. The van der Waals surface area contributed by atoms with E-state index in [9.17, 15) is 5.11 Å². The van der Waals surface area contributed by atoms with Crippen molar-refractivity contribution in [3.63, 3.8) is 0 Å². The number of methoxy groups -OCH3 is 2. The van der Waals surface area contributed by atoms with Gasteiger partial charge in [-0.3, -0.25) is 0 Å². The zero-order valence-electron chi connectivity index (χ0n) is 11.1. The third-order valence-corrected chi connectivity index (χ3v) is 2.77. The summed E-state index contributed by atoms with van der Waals surface area (Å²) >= 11 is 0. The van der Waals surface area contributed by atoms with Gasteiger partial charge >= 0.3 is 0 Å². The van der Waals surface area contributed by atoms with E-state index in [-0.39, 0.29) is 5.88 Å². The first kappa shape index (κ1) is 13.3. The molecule has 0 amide bonds. The maximum Gasteiger partial charge on any atom is 0.241 e. The number of hydrogen-bond acceptors (Lipinski definition) is 6. The molecule has 0 fully saturated rings. The maximum absolute atomic E-state index is 10.4. The molecule has 7 nitrogen and oxygen atoms in total. The van der Waals surface area contributed by atoms with Crippen LogP contribution in [0.4, 0.5) is 0 Å². The van der Waals surface area contributed by atoms with Gasteiger partial charge in [0.25, 0.3) is 0 Å². The number of nitrogens with zero attached hydrogens (tertiary/aromatic N) is 4. The molecular formula is C12H16N4O3. The highest BCUT2D eigenvalue weighted by atomic mass is 16.5. The SMILES string of the molecule is CCn1cncc1C(O)c1ncc(OC)nc1OC. The van der Waals surface area contributed by atoms with Gasteiger partial charge in [0.15, 0.2) is 0 Å². The van der Waals surface area contributed by atoms with Gasteiger partial charge in [-0.1, -0.05) is 0 Å². The van der Waals surface area contributed by atoms with E-state index < -0.39 is 6.10 Å². The molecule has 0 radical (unpaired) electrons. The van der Waals surface area contributed by atoms with Crippen LogP contribution in [0.25, 0.3) is 0 Å². The molecule has 19 heavy (non-hydrogen) atoms. The molecule has 0 bridgehead atoms. The van der Waals surface area contributed by atoms with Crippen LogP contribution < -0.4 is 9.47 Å². The summed E-state index contributed by atoms with van der Waals surface area (Å²) in [4.78, 5) is 12.3. The smallest absolute Gasteiger partial charge is 0.241 e. The zero-order valence-corrected chi connectivity index (χ0v) is 11.1. The van der Waals surface area contributed by atoms with E-state index in [1.54, 1.807) is 12.5 Å². The second kappa shape index (κ2) is 5.66. The Morgan fingerprint density at radius 1 is 1.32 bits per heavy atom. The lowest BCUT2D eigenvalue weighted by molar-refractivity contribution is 0.197. The van der Waals surface area contributed by atoms with Crippen molar-refractivity contribution in [2.45, 2.75) is 19.6 Å². The third kappa shape index (κ3) is 2.50. The molecule has 0 saturated heterocycles. The molecule has 0 aromatic carbocycles. The van der Waals surface area contributed by atoms with Gasteiger partial charge < -0.3 is 19.1 Å². The molecular weight excluding hydrogens is 248 g/mol. The summed E-state index contributed by atoms with van der Waals surface area (Å²) in [5, 5.41) is 10.4. The van der Waals surface area contributed by atoms with Gasteiger partial charge in [-0.05, 0) is 6.92 Å². The summed E-state index contributed by atoms with van der Waals surface area (Å²) in [5.41, 5.74) is 0.971. The van der Waals surface area contributed by atoms with E-state index in [0.717, 1.165) is 0 Å². The fraction of sp³-hybridized carbons (Fsp3) is 0.417. The first-order chi connectivity index (χ1) is 9.21. The van der Waals surface area contributed by atoms with E-state index in [2.05, 4.69) is 15.0 Å². The van der Waals surface area contributed by atoms with E-state index in [4.69, 9.17) is 9.47 Å². The standard InChI is InChI=1S/C12H16N4O3/c1-4-16-7-13-5-8(16)11(17)10-12(19-3)15-9(18-2)6-14-10/h5-7,11,17H,4H2,1-3H3. The number of aryl methyl sites for hydroxylation is 1. The van der Waals surface area contributed by atoms with E-state index in [1.807, 2.05) is 11.5 Å². The number of aliphatic hydroxyl groups is 1. The molecule has 102 valence electrons. The van der Waals surface area contributed by atoms with Crippen LogP contribution in [0.5, 0.6) is 11.8 Å². The van der Waals surface area contributed by atoms with E-state index in [1.165, 1.54) is 20.4 Å². The molecule has 1 N–H and O–H groups in total. The predicted molar refractivity (Wildman–Crippen MR) is 67.1 cm³/mol. The molecule has 2 aromatic heterocycles. The van der Waals surface area contributed by atoms with Crippen molar-refractivity contribution in [2.24, 2.45) is 0 Å². The minimum Gasteiger partial charge on any atom is -0.480 e. The first-order valence-corrected chi connectivity index (χ1v) is 5.84. The van der Waals surface area contributed by atoms with Gasteiger partial charge in [0.1, 0.15) is 11.8 Å². The molecule has 2 rings (SSSR count). The van der Waals surface area contributed by atoms with Gasteiger partial charge in [0.05, 0.1) is 38.6 Å².